The second-order valence-electron chi connectivity index (χ2n) is 3.83. The SMILES string of the molecule is CCCC(N)C(=O)NCCCc1ncc[nH]1. The molecule has 1 rings (SSSR count). The number of H-pyrrole nitrogens is 1. The number of hydrogen-bond acceptors (Lipinski definition) is 3. The molecular formula is C11H20N4O. The van der Waals surface area contributed by atoms with E-state index >= 15 is 0 Å². The summed E-state index contributed by atoms with van der Waals surface area (Å²) in [7, 11) is 0. The summed E-state index contributed by atoms with van der Waals surface area (Å²) in [4.78, 5) is 18.6. The molecule has 5 heteroatoms. The Morgan fingerprint density at radius 2 is 2.50 bits per heavy atom. The molecule has 0 aliphatic carbocycles. The average Bonchev–Trinajstić information content (AvgIpc) is 2.77. The molecule has 1 unspecified atom stereocenters. The van der Waals surface area contributed by atoms with E-state index in [2.05, 4.69) is 15.3 Å². The van der Waals surface area contributed by atoms with E-state index in [9.17, 15) is 4.79 Å². The van der Waals surface area contributed by atoms with Gasteiger partial charge in [-0.15, -0.1) is 0 Å². The van der Waals surface area contributed by atoms with Crippen molar-refractivity contribution in [3.05, 3.63) is 18.2 Å². The summed E-state index contributed by atoms with van der Waals surface area (Å²) >= 11 is 0. The largest absolute Gasteiger partial charge is 0.355 e. The summed E-state index contributed by atoms with van der Waals surface area (Å²) in [5.41, 5.74) is 5.67. The molecule has 90 valence electrons. The van der Waals surface area contributed by atoms with Crippen LogP contribution in [0.15, 0.2) is 12.4 Å². The highest BCUT2D eigenvalue weighted by atomic mass is 16.2. The number of amides is 1. The number of rotatable bonds is 7. The number of carbonyl (C=O) groups excluding carboxylic acids is 1. The normalized spacial score (nSPS) is 12.4. The van der Waals surface area contributed by atoms with Crippen molar-refractivity contribution in [2.75, 3.05) is 6.54 Å². The predicted molar refractivity (Wildman–Crippen MR) is 62.8 cm³/mol. The van der Waals surface area contributed by atoms with E-state index in [-0.39, 0.29) is 11.9 Å². The van der Waals surface area contributed by atoms with Crippen LogP contribution in [0.4, 0.5) is 0 Å². The van der Waals surface area contributed by atoms with Gasteiger partial charge in [-0.25, -0.2) is 4.98 Å². The van der Waals surface area contributed by atoms with Crippen LogP contribution in [-0.4, -0.2) is 28.5 Å². The maximum atomic E-state index is 11.4. The van der Waals surface area contributed by atoms with Gasteiger partial charge < -0.3 is 16.0 Å². The molecule has 0 aliphatic heterocycles. The number of nitrogens with zero attached hydrogens (tertiary/aromatic N) is 1. The number of carbonyl (C=O) groups is 1. The van der Waals surface area contributed by atoms with E-state index < -0.39 is 0 Å². The molecule has 16 heavy (non-hydrogen) atoms. The molecule has 1 aromatic heterocycles. The van der Waals surface area contributed by atoms with Crippen LogP contribution < -0.4 is 11.1 Å². The van der Waals surface area contributed by atoms with E-state index in [1.807, 2.05) is 6.92 Å². The van der Waals surface area contributed by atoms with Crippen LogP contribution in [-0.2, 0) is 11.2 Å². The molecule has 0 saturated heterocycles. The highest BCUT2D eigenvalue weighted by Gasteiger charge is 2.10. The summed E-state index contributed by atoms with van der Waals surface area (Å²) in [6, 6.07) is -0.367. The third kappa shape index (κ3) is 4.44. The summed E-state index contributed by atoms with van der Waals surface area (Å²) < 4.78 is 0. The molecule has 0 saturated carbocycles. The summed E-state index contributed by atoms with van der Waals surface area (Å²) in [5, 5.41) is 2.82. The maximum Gasteiger partial charge on any atom is 0.236 e. The van der Waals surface area contributed by atoms with Gasteiger partial charge in [0.05, 0.1) is 6.04 Å². The Kier molecular flexibility index (Phi) is 5.56. The van der Waals surface area contributed by atoms with Gasteiger partial charge in [-0.1, -0.05) is 13.3 Å². The molecule has 0 aliphatic rings. The Labute approximate surface area is 95.8 Å². The Morgan fingerprint density at radius 1 is 1.69 bits per heavy atom. The Hall–Kier alpha value is -1.36. The quantitative estimate of drug-likeness (QED) is 0.592. The zero-order valence-electron chi connectivity index (χ0n) is 9.70. The van der Waals surface area contributed by atoms with E-state index in [1.165, 1.54) is 0 Å². The van der Waals surface area contributed by atoms with Crippen molar-refractivity contribution in [2.24, 2.45) is 5.73 Å². The van der Waals surface area contributed by atoms with Gasteiger partial charge in [0, 0.05) is 25.4 Å². The van der Waals surface area contributed by atoms with Crippen molar-refractivity contribution in [3.63, 3.8) is 0 Å². The van der Waals surface area contributed by atoms with Crippen LogP contribution >= 0.6 is 0 Å². The fraction of sp³-hybridized carbons (Fsp3) is 0.636. The van der Waals surface area contributed by atoms with Crippen LogP contribution in [0.25, 0.3) is 0 Å². The first-order chi connectivity index (χ1) is 7.74. The van der Waals surface area contributed by atoms with Crippen LogP contribution in [0.1, 0.15) is 32.0 Å². The maximum absolute atomic E-state index is 11.4. The number of nitrogens with two attached hydrogens (primary N) is 1. The first-order valence-electron chi connectivity index (χ1n) is 5.75. The van der Waals surface area contributed by atoms with E-state index in [4.69, 9.17) is 5.73 Å². The van der Waals surface area contributed by atoms with Gasteiger partial charge >= 0.3 is 0 Å². The van der Waals surface area contributed by atoms with E-state index in [0.717, 1.165) is 31.5 Å². The Balaban J connectivity index is 2.08. The standard InChI is InChI=1S/C11H20N4O/c1-2-4-9(12)11(16)15-6-3-5-10-13-7-8-14-10/h7-9H,2-6,12H2,1H3,(H,13,14)(H,15,16). The van der Waals surface area contributed by atoms with Gasteiger partial charge in [0.1, 0.15) is 5.82 Å². The lowest BCUT2D eigenvalue weighted by molar-refractivity contribution is -0.122. The minimum Gasteiger partial charge on any atom is -0.355 e. The van der Waals surface area contributed by atoms with Crippen molar-refractivity contribution in [2.45, 2.75) is 38.6 Å². The molecule has 0 radical (unpaired) electrons. The fourth-order valence-electron chi connectivity index (χ4n) is 1.48. The second kappa shape index (κ2) is 7.00. The highest BCUT2D eigenvalue weighted by molar-refractivity contribution is 5.81. The summed E-state index contributed by atoms with van der Waals surface area (Å²) in [5.74, 6) is 0.897. The second-order valence-corrected chi connectivity index (χ2v) is 3.83. The van der Waals surface area contributed by atoms with Gasteiger partial charge in [0.15, 0.2) is 0 Å². The first-order valence-corrected chi connectivity index (χ1v) is 5.75. The zero-order chi connectivity index (χ0) is 11.8. The van der Waals surface area contributed by atoms with Crippen molar-refractivity contribution in [1.29, 1.82) is 0 Å². The Bertz CT molecular complexity index is 297. The minimum atomic E-state index is -0.367. The number of aromatic nitrogens is 2. The van der Waals surface area contributed by atoms with E-state index in [1.54, 1.807) is 12.4 Å². The van der Waals surface area contributed by atoms with Gasteiger partial charge in [-0.2, -0.15) is 0 Å². The van der Waals surface area contributed by atoms with Crippen molar-refractivity contribution in [3.8, 4) is 0 Å². The number of hydrogen-bond donors (Lipinski definition) is 3. The molecule has 4 N–H and O–H groups in total. The molecular weight excluding hydrogens is 204 g/mol. The van der Waals surface area contributed by atoms with Crippen molar-refractivity contribution in [1.82, 2.24) is 15.3 Å². The third-order valence-electron chi connectivity index (χ3n) is 2.38. The third-order valence-corrected chi connectivity index (χ3v) is 2.38. The van der Waals surface area contributed by atoms with Gasteiger partial charge in [-0.3, -0.25) is 4.79 Å². The predicted octanol–water partition coefficient (Wildman–Crippen LogP) is 0.586. The van der Waals surface area contributed by atoms with Crippen LogP contribution in [0, 0.1) is 0 Å². The molecule has 0 fully saturated rings. The van der Waals surface area contributed by atoms with E-state index in [0.29, 0.717) is 6.54 Å². The average molecular weight is 224 g/mol. The summed E-state index contributed by atoms with van der Waals surface area (Å²) in [6.07, 6.45) is 6.91. The molecule has 0 spiro atoms. The van der Waals surface area contributed by atoms with Crippen molar-refractivity contribution >= 4 is 5.91 Å². The number of aromatic amines is 1. The van der Waals surface area contributed by atoms with Crippen LogP contribution in [0.5, 0.6) is 0 Å². The molecule has 1 amide bonds. The zero-order valence-corrected chi connectivity index (χ0v) is 9.70. The smallest absolute Gasteiger partial charge is 0.236 e. The van der Waals surface area contributed by atoms with Crippen molar-refractivity contribution < 1.29 is 4.79 Å². The first kappa shape index (κ1) is 12.7. The summed E-state index contributed by atoms with van der Waals surface area (Å²) in [6.45, 7) is 2.67. The van der Waals surface area contributed by atoms with Gasteiger partial charge in [0.25, 0.3) is 0 Å². The number of imidazole rings is 1. The fourth-order valence-corrected chi connectivity index (χ4v) is 1.48. The van der Waals surface area contributed by atoms with Crippen LogP contribution in [0.3, 0.4) is 0 Å². The van der Waals surface area contributed by atoms with Gasteiger partial charge in [0.2, 0.25) is 5.91 Å². The molecule has 0 bridgehead atoms. The molecule has 1 aromatic rings. The van der Waals surface area contributed by atoms with Crippen LogP contribution in [0.2, 0.25) is 0 Å². The lowest BCUT2D eigenvalue weighted by Gasteiger charge is -2.10. The number of nitrogens with one attached hydrogen (secondary N) is 2. The lowest BCUT2D eigenvalue weighted by Crippen LogP contribution is -2.40. The minimum absolute atomic E-state index is 0.0544. The molecule has 1 atom stereocenters. The lowest BCUT2D eigenvalue weighted by atomic mass is 10.1. The number of aryl methyl sites for hydroxylation is 1. The molecule has 0 aromatic carbocycles. The molecule has 5 nitrogen and oxygen atoms in total. The molecule has 1 heterocycles. The highest BCUT2D eigenvalue weighted by Crippen LogP contribution is 1.95. The Morgan fingerprint density at radius 3 is 3.12 bits per heavy atom. The monoisotopic (exact) mass is 224 g/mol. The van der Waals surface area contributed by atoms with Gasteiger partial charge in [-0.05, 0) is 12.8 Å². The topological polar surface area (TPSA) is 83.8 Å².